The normalized spacial score (nSPS) is 13.8. The van der Waals surface area contributed by atoms with E-state index in [2.05, 4.69) is 0 Å². The van der Waals surface area contributed by atoms with Crippen LogP contribution in [0.25, 0.3) is 0 Å². The first-order valence-electron chi connectivity index (χ1n) is 3.68. The minimum Gasteiger partial charge on any atom is -0.481 e. The van der Waals surface area contributed by atoms with Crippen LogP contribution in [0.1, 0.15) is 17.3 Å². The average molecular weight is 180 g/mol. The number of carbonyl (C=O) groups is 1. The molecule has 0 fully saturated rings. The minimum atomic E-state index is 0.0818. The Bertz CT molecular complexity index is 333. The molecule has 1 heterocycles. The fraction of sp³-hybridized carbons (Fsp3) is 0.222. The Labute approximate surface area is 74.9 Å². The SMILES string of the molecule is CC(=O)c1ccc2c(c1)OCS2. The number of ketones is 1. The lowest BCUT2D eigenvalue weighted by Gasteiger charge is -1.98. The Kier molecular flexibility index (Phi) is 1.81. The highest BCUT2D eigenvalue weighted by molar-refractivity contribution is 7.99. The first-order chi connectivity index (χ1) is 5.77. The van der Waals surface area contributed by atoms with Gasteiger partial charge in [0.15, 0.2) is 5.78 Å². The Balaban J connectivity index is 2.45. The molecule has 1 aromatic carbocycles. The lowest BCUT2D eigenvalue weighted by atomic mass is 10.1. The third kappa shape index (κ3) is 1.20. The van der Waals surface area contributed by atoms with Crippen molar-refractivity contribution in [2.45, 2.75) is 11.8 Å². The number of Topliss-reactive ketones (excluding diaryl/α,β-unsaturated/α-hetero) is 1. The van der Waals surface area contributed by atoms with Gasteiger partial charge in [-0.25, -0.2) is 0 Å². The van der Waals surface area contributed by atoms with E-state index in [9.17, 15) is 4.79 Å². The molecule has 1 aromatic rings. The average Bonchev–Trinajstić information content (AvgIpc) is 2.49. The molecule has 0 atom stereocenters. The monoisotopic (exact) mass is 180 g/mol. The predicted octanol–water partition coefficient (Wildman–Crippen LogP) is 2.33. The number of hydrogen-bond donors (Lipinski definition) is 0. The highest BCUT2D eigenvalue weighted by Gasteiger charge is 2.13. The van der Waals surface area contributed by atoms with Gasteiger partial charge in [0.25, 0.3) is 0 Å². The number of fused-ring (bicyclic) bond motifs is 1. The van der Waals surface area contributed by atoms with Crippen molar-refractivity contribution < 1.29 is 9.53 Å². The van der Waals surface area contributed by atoms with Gasteiger partial charge in [-0.15, -0.1) is 0 Å². The molecule has 0 N–H and O–H groups in total. The summed E-state index contributed by atoms with van der Waals surface area (Å²) in [4.78, 5) is 12.1. The van der Waals surface area contributed by atoms with Crippen LogP contribution >= 0.6 is 11.8 Å². The molecule has 0 aliphatic carbocycles. The van der Waals surface area contributed by atoms with E-state index in [4.69, 9.17) is 4.74 Å². The summed E-state index contributed by atoms with van der Waals surface area (Å²) >= 11 is 1.65. The third-order valence-electron chi connectivity index (χ3n) is 1.78. The molecule has 0 radical (unpaired) electrons. The summed E-state index contributed by atoms with van der Waals surface area (Å²) in [5, 5.41) is 0. The molecule has 62 valence electrons. The van der Waals surface area contributed by atoms with Crippen LogP contribution in [0.2, 0.25) is 0 Å². The van der Waals surface area contributed by atoms with Gasteiger partial charge in [-0.2, -0.15) is 0 Å². The number of benzene rings is 1. The van der Waals surface area contributed by atoms with Gasteiger partial charge in [-0.05, 0) is 19.1 Å². The van der Waals surface area contributed by atoms with Crippen LogP contribution in [0, 0.1) is 0 Å². The largest absolute Gasteiger partial charge is 0.481 e. The molecule has 0 bridgehead atoms. The molecule has 1 aliphatic heterocycles. The van der Waals surface area contributed by atoms with Gasteiger partial charge in [0.05, 0.1) is 4.90 Å². The fourth-order valence-electron chi connectivity index (χ4n) is 1.12. The Hall–Kier alpha value is -0.960. The van der Waals surface area contributed by atoms with Crippen molar-refractivity contribution in [2.24, 2.45) is 0 Å². The second kappa shape index (κ2) is 2.83. The van der Waals surface area contributed by atoms with Crippen molar-refractivity contribution >= 4 is 17.5 Å². The summed E-state index contributed by atoms with van der Waals surface area (Å²) in [6, 6.07) is 5.57. The summed E-state index contributed by atoms with van der Waals surface area (Å²) in [7, 11) is 0. The third-order valence-corrected chi connectivity index (χ3v) is 2.66. The summed E-state index contributed by atoms with van der Waals surface area (Å²) < 4.78 is 5.30. The molecular weight excluding hydrogens is 172 g/mol. The van der Waals surface area contributed by atoms with E-state index in [1.165, 1.54) is 0 Å². The van der Waals surface area contributed by atoms with E-state index in [0.29, 0.717) is 5.94 Å². The molecule has 0 amide bonds. The number of carbonyl (C=O) groups excluding carboxylic acids is 1. The van der Waals surface area contributed by atoms with Gasteiger partial charge in [0.2, 0.25) is 0 Å². The van der Waals surface area contributed by atoms with E-state index in [1.807, 2.05) is 12.1 Å². The number of ether oxygens (including phenoxy) is 1. The fourth-order valence-corrected chi connectivity index (χ4v) is 1.85. The van der Waals surface area contributed by atoms with Crippen LogP contribution in [0.15, 0.2) is 23.1 Å². The molecule has 12 heavy (non-hydrogen) atoms. The van der Waals surface area contributed by atoms with E-state index >= 15 is 0 Å². The maximum absolute atomic E-state index is 11.0. The van der Waals surface area contributed by atoms with Gasteiger partial charge >= 0.3 is 0 Å². The first kappa shape index (κ1) is 7.68. The summed E-state index contributed by atoms with van der Waals surface area (Å²) in [5.41, 5.74) is 0.719. The molecule has 0 aromatic heterocycles. The van der Waals surface area contributed by atoms with Crippen molar-refractivity contribution in [3.8, 4) is 5.75 Å². The number of thioether (sulfide) groups is 1. The number of rotatable bonds is 1. The van der Waals surface area contributed by atoms with E-state index < -0.39 is 0 Å². The zero-order valence-electron chi connectivity index (χ0n) is 6.66. The molecule has 0 unspecified atom stereocenters. The highest BCUT2D eigenvalue weighted by atomic mass is 32.2. The molecule has 3 heteroatoms. The van der Waals surface area contributed by atoms with E-state index in [-0.39, 0.29) is 5.78 Å². The predicted molar refractivity (Wildman–Crippen MR) is 47.8 cm³/mol. The van der Waals surface area contributed by atoms with Crippen molar-refractivity contribution in [3.63, 3.8) is 0 Å². The molecule has 2 nitrogen and oxygen atoms in total. The zero-order chi connectivity index (χ0) is 8.55. The lowest BCUT2D eigenvalue weighted by Crippen LogP contribution is -1.92. The van der Waals surface area contributed by atoms with Crippen LogP contribution in [-0.2, 0) is 0 Å². The summed E-state index contributed by atoms with van der Waals surface area (Å²) in [6.07, 6.45) is 0. The quantitative estimate of drug-likeness (QED) is 0.620. The van der Waals surface area contributed by atoms with Crippen LogP contribution in [0.5, 0.6) is 5.75 Å². The molecular formula is C9H8O2S. The molecule has 0 saturated heterocycles. The van der Waals surface area contributed by atoms with Crippen LogP contribution in [0.3, 0.4) is 0 Å². The maximum atomic E-state index is 11.0. The van der Waals surface area contributed by atoms with Crippen molar-refractivity contribution in [1.82, 2.24) is 0 Å². The standard InChI is InChI=1S/C9H8O2S/c1-6(10)7-2-3-9-8(4-7)11-5-12-9/h2-4H,5H2,1H3. The van der Waals surface area contributed by atoms with Gasteiger partial charge < -0.3 is 4.74 Å². The Morgan fingerprint density at radius 3 is 3.17 bits per heavy atom. The lowest BCUT2D eigenvalue weighted by molar-refractivity contribution is 0.101. The van der Waals surface area contributed by atoms with Crippen LogP contribution in [0.4, 0.5) is 0 Å². The maximum Gasteiger partial charge on any atom is 0.159 e. The van der Waals surface area contributed by atoms with Crippen LogP contribution in [-0.4, -0.2) is 11.7 Å². The van der Waals surface area contributed by atoms with Crippen LogP contribution < -0.4 is 4.74 Å². The highest BCUT2D eigenvalue weighted by Crippen LogP contribution is 2.36. The Morgan fingerprint density at radius 2 is 2.42 bits per heavy atom. The second-order valence-electron chi connectivity index (χ2n) is 2.62. The molecule has 0 saturated carbocycles. The van der Waals surface area contributed by atoms with Crippen molar-refractivity contribution in [1.29, 1.82) is 0 Å². The number of hydrogen-bond acceptors (Lipinski definition) is 3. The van der Waals surface area contributed by atoms with Crippen molar-refractivity contribution in [3.05, 3.63) is 23.8 Å². The first-order valence-corrected chi connectivity index (χ1v) is 4.66. The van der Waals surface area contributed by atoms with E-state index in [1.54, 1.807) is 24.8 Å². The molecule has 2 rings (SSSR count). The second-order valence-corrected chi connectivity index (χ2v) is 3.59. The summed E-state index contributed by atoms with van der Waals surface area (Å²) in [5.74, 6) is 1.59. The van der Waals surface area contributed by atoms with Gasteiger partial charge in [-0.1, -0.05) is 17.8 Å². The zero-order valence-corrected chi connectivity index (χ0v) is 7.48. The van der Waals surface area contributed by atoms with Gasteiger partial charge in [0.1, 0.15) is 11.7 Å². The van der Waals surface area contributed by atoms with Gasteiger partial charge in [-0.3, -0.25) is 4.79 Å². The summed E-state index contributed by atoms with van der Waals surface area (Å²) in [6.45, 7) is 1.56. The minimum absolute atomic E-state index is 0.0818. The van der Waals surface area contributed by atoms with Crippen molar-refractivity contribution in [2.75, 3.05) is 5.94 Å². The van der Waals surface area contributed by atoms with Gasteiger partial charge in [0, 0.05) is 5.56 Å². The Morgan fingerprint density at radius 1 is 1.58 bits per heavy atom. The smallest absolute Gasteiger partial charge is 0.159 e. The molecule has 1 aliphatic rings. The molecule has 0 spiro atoms. The topological polar surface area (TPSA) is 26.3 Å². The van der Waals surface area contributed by atoms with E-state index in [0.717, 1.165) is 16.2 Å².